The number of hydrogen-bond acceptors (Lipinski definition) is 5. The van der Waals surface area contributed by atoms with Crippen LogP contribution >= 0.6 is 0 Å². The zero-order valence-corrected chi connectivity index (χ0v) is 17.9. The lowest BCUT2D eigenvalue weighted by Crippen LogP contribution is -2.59. The van der Waals surface area contributed by atoms with Crippen molar-refractivity contribution in [1.29, 1.82) is 0 Å². The van der Waals surface area contributed by atoms with Gasteiger partial charge in [0.25, 0.3) is 5.60 Å². The van der Waals surface area contributed by atoms with Crippen LogP contribution in [0, 0.1) is 23.2 Å². The lowest BCUT2D eigenvalue weighted by atomic mass is 9.78. The molecular weight excluding hydrogens is 434 g/mol. The fraction of sp³-hybridized carbons (Fsp3) is 0.900. The number of esters is 2. The molecule has 0 amide bonds. The number of halogens is 6. The van der Waals surface area contributed by atoms with Crippen LogP contribution in [0.2, 0.25) is 0 Å². The van der Waals surface area contributed by atoms with Crippen LogP contribution in [0.5, 0.6) is 0 Å². The largest absolute Gasteiger partial charge is 0.460 e. The molecule has 180 valence electrons. The summed E-state index contributed by atoms with van der Waals surface area (Å²) >= 11 is 0. The first-order valence-electron chi connectivity index (χ1n) is 10.1. The Hall–Kier alpha value is -1.52. The summed E-state index contributed by atoms with van der Waals surface area (Å²) in [7, 11) is 0.417. The molecule has 0 aromatic carbocycles. The van der Waals surface area contributed by atoms with E-state index in [1.807, 2.05) is 0 Å². The molecular formula is C20H28F6O5. The molecule has 2 aliphatic carbocycles. The predicted octanol–water partition coefficient (Wildman–Crippen LogP) is 4.82. The molecule has 0 radical (unpaired) electrons. The molecule has 2 bridgehead atoms. The third kappa shape index (κ3) is 5.12. The molecule has 0 heterocycles. The quantitative estimate of drug-likeness (QED) is 0.382. The minimum absolute atomic E-state index is 0.0720. The Morgan fingerprint density at radius 3 is 1.94 bits per heavy atom. The van der Waals surface area contributed by atoms with Gasteiger partial charge in [0, 0.05) is 7.11 Å². The van der Waals surface area contributed by atoms with E-state index >= 15 is 0 Å². The lowest BCUT2D eigenvalue weighted by Gasteiger charge is -2.39. The first-order valence-corrected chi connectivity index (χ1v) is 10.1. The molecule has 2 fully saturated rings. The van der Waals surface area contributed by atoms with Gasteiger partial charge in [-0.2, -0.15) is 26.3 Å². The molecule has 5 nitrogen and oxygen atoms in total. The van der Waals surface area contributed by atoms with Crippen LogP contribution in [0.25, 0.3) is 0 Å². The molecule has 4 unspecified atom stereocenters. The van der Waals surface area contributed by atoms with Crippen molar-refractivity contribution in [2.24, 2.45) is 23.2 Å². The van der Waals surface area contributed by atoms with Gasteiger partial charge in [0.05, 0.1) is 5.41 Å². The third-order valence-corrected chi connectivity index (χ3v) is 6.79. The van der Waals surface area contributed by atoms with Crippen molar-refractivity contribution in [3.8, 4) is 0 Å². The normalized spacial score (nSPS) is 26.8. The first kappa shape index (κ1) is 25.7. The Balaban J connectivity index is 1.94. The van der Waals surface area contributed by atoms with Gasteiger partial charge in [-0.25, -0.2) is 4.79 Å². The average Bonchev–Trinajstić information content (AvgIpc) is 3.21. The maximum Gasteiger partial charge on any atom is 0.426 e. The summed E-state index contributed by atoms with van der Waals surface area (Å²) in [5.74, 6) is -2.98. The maximum atomic E-state index is 13.3. The molecule has 2 saturated carbocycles. The molecule has 0 aliphatic heterocycles. The van der Waals surface area contributed by atoms with Gasteiger partial charge < -0.3 is 14.2 Å². The fourth-order valence-corrected chi connectivity index (χ4v) is 4.48. The molecule has 0 spiro atoms. The number of hydrogen-bond donors (Lipinski definition) is 0. The van der Waals surface area contributed by atoms with Crippen molar-refractivity contribution in [1.82, 2.24) is 0 Å². The maximum absolute atomic E-state index is 13.3. The number of ether oxygens (including phenoxy) is 3. The summed E-state index contributed by atoms with van der Waals surface area (Å²) in [5, 5.41) is 0. The summed E-state index contributed by atoms with van der Waals surface area (Å²) in [6.07, 6.45) is -11.9. The summed E-state index contributed by atoms with van der Waals surface area (Å²) in [6.45, 7) is 4.53. The highest BCUT2D eigenvalue weighted by molar-refractivity contribution is 5.79. The van der Waals surface area contributed by atoms with Crippen molar-refractivity contribution in [3.63, 3.8) is 0 Å². The minimum Gasteiger partial charge on any atom is -0.460 e. The van der Waals surface area contributed by atoms with E-state index < -0.39 is 66.3 Å². The highest BCUT2D eigenvalue weighted by Gasteiger charge is 2.72. The molecule has 0 saturated heterocycles. The molecule has 0 N–H and O–H groups in total. The van der Waals surface area contributed by atoms with E-state index in [2.05, 4.69) is 4.74 Å². The Labute approximate surface area is 176 Å². The number of rotatable bonds is 8. The van der Waals surface area contributed by atoms with Gasteiger partial charge >= 0.3 is 24.3 Å². The summed E-state index contributed by atoms with van der Waals surface area (Å²) in [4.78, 5) is 23.9. The SMILES string of the molecule is CCC(C)(C)C(=O)OCC(=O)OC1CC2CC1CC2CC(OC)(C(F)(F)F)C(F)(F)F. The first-order chi connectivity index (χ1) is 14.1. The second-order valence-electron chi connectivity index (χ2n) is 9.06. The highest BCUT2D eigenvalue weighted by Crippen LogP contribution is 2.57. The second-order valence-corrected chi connectivity index (χ2v) is 9.06. The van der Waals surface area contributed by atoms with Crippen molar-refractivity contribution >= 4 is 11.9 Å². The molecule has 31 heavy (non-hydrogen) atoms. The highest BCUT2D eigenvalue weighted by atomic mass is 19.4. The van der Waals surface area contributed by atoms with Crippen LogP contribution in [0.15, 0.2) is 0 Å². The number of fused-ring (bicyclic) bond motifs is 2. The minimum atomic E-state index is -5.61. The van der Waals surface area contributed by atoms with E-state index in [9.17, 15) is 35.9 Å². The Kier molecular flexibility index (Phi) is 7.29. The topological polar surface area (TPSA) is 61.8 Å². The Bertz CT molecular complexity index is 658. The van der Waals surface area contributed by atoms with Crippen molar-refractivity contribution < 1.29 is 50.1 Å². The van der Waals surface area contributed by atoms with E-state index in [1.165, 1.54) is 0 Å². The van der Waals surface area contributed by atoms with Crippen molar-refractivity contribution in [2.75, 3.05) is 13.7 Å². The van der Waals surface area contributed by atoms with Crippen LogP contribution in [0.1, 0.15) is 52.9 Å². The fourth-order valence-electron chi connectivity index (χ4n) is 4.48. The van der Waals surface area contributed by atoms with Gasteiger partial charge in [-0.05, 0) is 63.7 Å². The molecule has 4 atom stereocenters. The summed E-state index contributed by atoms with van der Waals surface area (Å²) in [5.41, 5.74) is -4.98. The number of methoxy groups -OCH3 is 1. The molecule has 2 aliphatic rings. The summed E-state index contributed by atoms with van der Waals surface area (Å²) in [6, 6.07) is 0. The summed E-state index contributed by atoms with van der Waals surface area (Å²) < 4.78 is 94.2. The lowest BCUT2D eigenvalue weighted by molar-refractivity contribution is -0.380. The molecule has 0 aromatic rings. The van der Waals surface area contributed by atoms with Gasteiger partial charge in [-0.15, -0.1) is 0 Å². The standard InChI is InChI=1S/C20H28F6O5/c1-5-17(2,3)16(28)30-10-15(27)31-14-8-11-6-12(14)7-13(11)9-18(29-4,19(21,22)23)20(24,25)26/h11-14H,5-10H2,1-4H3. The zero-order valence-electron chi connectivity index (χ0n) is 17.9. The monoisotopic (exact) mass is 462 g/mol. The zero-order chi connectivity index (χ0) is 23.8. The second kappa shape index (κ2) is 8.78. The van der Waals surface area contributed by atoms with E-state index in [4.69, 9.17) is 9.47 Å². The van der Waals surface area contributed by atoms with Gasteiger partial charge in [-0.3, -0.25) is 4.79 Å². The van der Waals surface area contributed by atoms with Gasteiger partial charge in [0.1, 0.15) is 6.10 Å². The van der Waals surface area contributed by atoms with Crippen molar-refractivity contribution in [3.05, 3.63) is 0 Å². The van der Waals surface area contributed by atoms with Gasteiger partial charge in [0.2, 0.25) is 0 Å². The molecule has 2 rings (SSSR count). The predicted molar refractivity (Wildman–Crippen MR) is 95.7 cm³/mol. The Morgan fingerprint density at radius 1 is 0.935 bits per heavy atom. The van der Waals surface area contributed by atoms with Gasteiger partial charge in [0.15, 0.2) is 6.61 Å². The van der Waals surface area contributed by atoms with E-state index in [-0.39, 0.29) is 18.8 Å². The van der Waals surface area contributed by atoms with Crippen LogP contribution in [0.4, 0.5) is 26.3 Å². The number of alkyl halides is 6. The van der Waals surface area contributed by atoms with E-state index in [1.54, 1.807) is 20.8 Å². The Morgan fingerprint density at radius 2 is 1.52 bits per heavy atom. The van der Waals surface area contributed by atoms with Crippen LogP contribution < -0.4 is 0 Å². The average molecular weight is 462 g/mol. The number of carbonyl (C=O) groups excluding carboxylic acids is 2. The molecule has 11 heteroatoms. The number of carbonyl (C=O) groups is 2. The smallest absolute Gasteiger partial charge is 0.426 e. The van der Waals surface area contributed by atoms with E-state index in [0.29, 0.717) is 20.0 Å². The van der Waals surface area contributed by atoms with Crippen LogP contribution in [-0.2, 0) is 23.8 Å². The van der Waals surface area contributed by atoms with Crippen LogP contribution in [0.3, 0.4) is 0 Å². The van der Waals surface area contributed by atoms with Crippen molar-refractivity contribution in [2.45, 2.75) is 76.9 Å². The third-order valence-electron chi connectivity index (χ3n) is 6.79. The molecule has 0 aromatic heterocycles. The van der Waals surface area contributed by atoms with Gasteiger partial charge in [-0.1, -0.05) is 6.92 Å². The van der Waals surface area contributed by atoms with Crippen LogP contribution in [-0.4, -0.2) is 49.7 Å². The van der Waals surface area contributed by atoms with E-state index in [0.717, 1.165) is 0 Å².